The Kier molecular flexibility index (Phi) is 6.94. The van der Waals surface area contributed by atoms with Crippen molar-refractivity contribution in [2.45, 2.75) is 31.6 Å². The fourth-order valence-electron chi connectivity index (χ4n) is 4.97. The normalized spacial score (nSPS) is 15.0. The number of carbonyl (C=O) groups excluding carboxylic acids is 1. The molecule has 0 amide bonds. The van der Waals surface area contributed by atoms with E-state index in [0.29, 0.717) is 5.92 Å². The zero-order chi connectivity index (χ0) is 24.0. The van der Waals surface area contributed by atoms with Gasteiger partial charge in [0.25, 0.3) is 0 Å². The second-order valence-electron chi connectivity index (χ2n) is 9.00. The first-order chi connectivity index (χ1) is 17.2. The summed E-state index contributed by atoms with van der Waals surface area (Å²) in [7, 11) is 1.37. The molecule has 0 spiro atoms. The maximum Gasteiger partial charge on any atom is 0.343 e. The van der Waals surface area contributed by atoms with E-state index in [9.17, 15) is 4.79 Å². The number of hydrogen-bond donors (Lipinski definition) is 0. The Bertz CT molecular complexity index is 1230. The van der Waals surface area contributed by atoms with Crippen molar-refractivity contribution < 1.29 is 18.7 Å². The van der Waals surface area contributed by atoms with Crippen LogP contribution in [0.1, 0.15) is 46.2 Å². The maximum absolute atomic E-state index is 11.5. The molecule has 1 unspecified atom stereocenters. The minimum Gasteiger partial charge on any atom is -0.482 e. The monoisotopic (exact) mass is 467 g/mol. The van der Waals surface area contributed by atoms with E-state index >= 15 is 0 Å². The standard InChI is InChI=1S/C30H29NO4/c1-33-28(32)20-34-27-14-8-13-24-17-21(15-16-26(24)27)18-25-19-35-30(31-25)29(22-9-4-2-5-10-22)23-11-6-3-7-12-23/h2-14,19,21,29H,15-18,20H2,1H3. The second kappa shape index (κ2) is 10.6. The van der Waals surface area contributed by atoms with E-state index in [2.05, 4.69) is 54.6 Å². The minimum absolute atomic E-state index is 0.0345. The van der Waals surface area contributed by atoms with Gasteiger partial charge in [0.15, 0.2) is 6.61 Å². The summed E-state index contributed by atoms with van der Waals surface area (Å²) in [5.41, 5.74) is 5.79. The summed E-state index contributed by atoms with van der Waals surface area (Å²) in [5, 5.41) is 0. The number of benzene rings is 3. The van der Waals surface area contributed by atoms with Crippen LogP contribution in [0.15, 0.2) is 89.5 Å². The van der Waals surface area contributed by atoms with Gasteiger partial charge in [-0.15, -0.1) is 0 Å². The molecule has 1 aromatic heterocycles. The first-order valence-electron chi connectivity index (χ1n) is 12.1. The molecule has 3 aromatic carbocycles. The highest BCUT2D eigenvalue weighted by molar-refractivity contribution is 5.71. The first kappa shape index (κ1) is 22.9. The van der Waals surface area contributed by atoms with Gasteiger partial charge in [0.2, 0.25) is 5.89 Å². The lowest BCUT2D eigenvalue weighted by Crippen LogP contribution is -2.19. The lowest BCUT2D eigenvalue weighted by atomic mass is 9.81. The minimum atomic E-state index is -0.373. The number of aromatic nitrogens is 1. The van der Waals surface area contributed by atoms with E-state index in [1.54, 1.807) is 0 Å². The van der Waals surface area contributed by atoms with Crippen molar-refractivity contribution in [3.63, 3.8) is 0 Å². The summed E-state index contributed by atoms with van der Waals surface area (Å²) in [6.07, 6.45) is 5.59. The Morgan fingerprint density at radius 3 is 2.40 bits per heavy atom. The number of oxazole rings is 1. The summed E-state index contributed by atoms with van der Waals surface area (Å²) in [4.78, 5) is 16.4. The third kappa shape index (κ3) is 5.29. The molecule has 0 aliphatic heterocycles. The van der Waals surface area contributed by atoms with Crippen molar-refractivity contribution in [3.05, 3.63) is 119 Å². The summed E-state index contributed by atoms with van der Waals surface area (Å²) in [5.74, 6) is 1.58. The van der Waals surface area contributed by atoms with Gasteiger partial charge in [-0.2, -0.15) is 0 Å². The molecule has 35 heavy (non-hydrogen) atoms. The zero-order valence-electron chi connectivity index (χ0n) is 19.9. The molecule has 5 nitrogen and oxygen atoms in total. The van der Waals surface area contributed by atoms with Crippen LogP contribution < -0.4 is 4.74 Å². The van der Waals surface area contributed by atoms with Crippen LogP contribution in [0.3, 0.4) is 0 Å². The van der Waals surface area contributed by atoms with Crippen LogP contribution in [0.5, 0.6) is 5.75 Å². The Morgan fingerprint density at radius 1 is 1.00 bits per heavy atom. The molecule has 0 saturated heterocycles. The molecule has 178 valence electrons. The smallest absolute Gasteiger partial charge is 0.343 e. The number of methoxy groups -OCH3 is 1. The highest BCUT2D eigenvalue weighted by Crippen LogP contribution is 2.35. The van der Waals surface area contributed by atoms with Crippen molar-refractivity contribution in [3.8, 4) is 5.75 Å². The zero-order valence-corrected chi connectivity index (χ0v) is 19.9. The predicted molar refractivity (Wildman–Crippen MR) is 134 cm³/mol. The summed E-state index contributed by atoms with van der Waals surface area (Å²) < 4.78 is 16.5. The number of carbonyl (C=O) groups is 1. The van der Waals surface area contributed by atoms with Gasteiger partial charge in [0.1, 0.15) is 12.0 Å². The third-order valence-electron chi connectivity index (χ3n) is 6.69. The quantitative estimate of drug-likeness (QED) is 0.309. The lowest BCUT2D eigenvalue weighted by molar-refractivity contribution is -0.142. The molecule has 5 heteroatoms. The molecule has 1 atom stereocenters. The van der Waals surface area contributed by atoms with Crippen molar-refractivity contribution >= 4 is 5.97 Å². The number of rotatable bonds is 8. The van der Waals surface area contributed by atoms with Crippen LogP contribution in [0.2, 0.25) is 0 Å². The largest absolute Gasteiger partial charge is 0.482 e. The molecule has 5 rings (SSSR count). The molecular formula is C30H29NO4. The topological polar surface area (TPSA) is 61.6 Å². The van der Waals surface area contributed by atoms with Gasteiger partial charge >= 0.3 is 5.97 Å². The predicted octanol–water partition coefficient (Wildman–Crippen LogP) is 5.75. The highest BCUT2D eigenvalue weighted by Gasteiger charge is 2.25. The fraction of sp³-hybridized carbons (Fsp3) is 0.267. The summed E-state index contributed by atoms with van der Waals surface area (Å²) in [6, 6.07) is 26.8. The number of ether oxygens (including phenoxy) is 2. The average Bonchev–Trinajstić information content (AvgIpc) is 3.36. The van der Waals surface area contributed by atoms with Gasteiger partial charge in [-0.1, -0.05) is 72.8 Å². The Labute approximate surface area is 205 Å². The molecule has 0 saturated carbocycles. The number of hydrogen-bond acceptors (Lipinski definition) is 5. The van der Waals surface area contributed by atoms with Crippen molar-refractivity contribution in [2.75, 3.05) is 13.7 Å². The summed E-state index contributed by atoms with van der Waals surface area (Å²) in [6.45, 7) is -0.0674. The maximum atomic E-state index is 11.5. The number of fused-ring (bicyclic) bond motifs is 1. The Balaban J connectivity index is 1.31. The molecule has 1 aliphatic carbocycles. The van der Waals surface area contributed by atoms with Gasteiger partial charge in [0.05, 0.1) is 18.7 Å². The van der Waals surface area contributed by atoms with E-state index in [0.717, 1.165) is 54.1 Å². The summed E-state index contributed by atoms with van der Waals surface area (Å²) >= 11 is 0. The Hall–Kier alpha value is -3.86. The van der Waals surface area contributed by atoms with Crippen LogP contribution in [0.25, 0.3) is 0 Å². The number of esters is 1. The van der Waals surface area contributed by atoms with E-state index in [4.69, 9.17) is 18.9 Å². The van der Waals surface area contributed by atoms with Crippen LogP contribution in [0.4, 0.5) is 0 Å². The van der Waals surface area contributed by atoms with E-state index in [-0.39, 0.29) is 18.5 Å². The van der Waals surface area contributed by atoms with Gasteiger partial charge in [0, 0.05) is 0 Å². The van der Waals surface area contributed by atoms with Gasteiger partial charge < -0.3 is 13.9 Å². The van der Waals surface area contributed by atoms with Crippen LogP contribution >= 0.6 is 0 Å². The van der Waals surface area contributed by atoms with Gasteiger partial charge in [-0.25, -0.2) is 9.78 Å². The molecule has 1 heterocycles. The molecule has 0 bridgehead atoms. The molecule has 0 fully saturated rings. The first-order valence-corrected chi connectivity index (χ1v) is 12.1. The molecule has 1 aliphatic rings. The van der Waals surface area contributed by atoms with Crippen LogP contribution in [-0.2, 0) is 28.8 Å². The van der Waals surface area contributed by atoms with Gasteiger partial charge in [-0.05, 0) is 59.9 Å². The Morgan fingerprint density at radius 2 is 1.71 bits per heavy atom. The second-order valence-corrected chi connectivity index (χ2v) is 9.00. The molecular weight excluding hydrogens is 438 g/mol. The molecule has 0 radical (unpaired) electrons. The van der Waals surface area contributed by atoms with Crippen LogP contribution in [-0.4, -0.2) is 24.7 Å². The average molecular weight is 468 g/mol. The van der Waals surface area contributed by atoms with E-state index < -0.39 is 0 Å². The SMILES string of the molecule is COC(=O)COc1cccc2c1CCC(Cc1coc(C(c3ccccc3)c3ccccc3)n1)C2. The number of nitrogens with zero attached hydrogens (tertiary/aromatic N) is 1. The van der Waals surface area contributed by atoms with Gasteiger partial charge in [-0.3, -0.25) is 0 Å². The van der Waals surface area contributed by atoms with Crippen molar-refractivity contribution in [1.82, 2.24) is 4.98 Å². The molecule has 4 aromatic rings. The third-order valence-corrected chi connectivity index (χ3v) is 6.69. The highest BCUT2D eigenvalue weighted by atomic mass is 16.6. The van der Waals surface area contributed by atoms with E-state index in [1.165, 1.54) is 18.2 Å². The lowest BCUT2D eigenvalue weighted by Gasteiger charge is -2.25. The van der Waals surface area contributed by atoms with E-state index in [1.807, 2.05) is 30.5 Å². The molecule has 0 N–H and O–H groups in total. The van der Waals surface area contributed by atoms with Crippen molar-refractivity contribution in [2.24, 2.45) is 5.92 Å². The van der Waals surface area contributed by atoms with Crippen molar-refractivity contribution in [1.29, 1.82) is 0 Å². The van der Waals surface area contributed by atoms with Crippen LogP contribution in [0, 0.1) is 5.92 Å². The fourth-order valence-corrected chi connectivity index (χ4v) is 4.97.